The Labute approximate surface area is 72.3 Å². The summed E-state index contributed by atoms with van der Waals surface area (Å²) in [6.07, 6.45) is 1.56. The lowest BCUT2D eigenvalue weighted by atomic mass is 9.92. The van der Waals surface area contributed by atoms with E-state index in [0.29, 0.717) is 0 Å². The van der Waals surface area contributed by atoms with Crippen LogP contribution in [0.3, 0.4) is 0 Å². The van der Waals surface area contributed by atoms with Crippen molar-refractivity contribution in [3.05, 3.63) is 48.6 Å². The molecule has 1 atom stereocenters. The van der Waals surface area contributed by atoms with E-state index in [-0.39, 0.29) is 6.61 Å². The van der Waals surface area contributed by atoms with Gasteiger partial charge in [0.2, 0.25) is 0 Å². The molecule has 0 aromatic heterocycles. The molecule has 1 aromatic carbocycles. The fourth-order valence-electron chi connectivity index (χ4n) is 1.02. The largest absolute Gasteiger partial charge is 0.394 e. The highest BCUT2D eigenvalue weighted by atomic mass is 16.3. The molecule has 12 heavy (non-hydrogen) atoms. The Morgan fingerprint density at radius 3 is 2.42 bits per heavy atom. The standard InChI is InChI=1S/C10H13NO/c1-2-10(11,8-12)9-6-4-3-5-7-9/h2-7,12H,1,8,11H2/t10-/m0/s1. The van der Waals surface area contributed by atoms with E-state index in [1.807, 2.05) is 30.3 Å². The number of rotatable bonds is 3. The van der Waals surface area contributed by atoms with Crippen molar-refractivity contribution in [1.29, 1.82) is 0 Å². The normalized spacial score (nSPS) is 15.2. The first-order valence-electron chi connectivity index (χ1n) is 3.82. The third-order valence-corrected chi connectivity index (χ3v) is 1.94. The van der Waals surface area contributed by atoms with Crippen LogP contribution < -0.4 is 5.73 Å². The molecule has 0 aliphatic heterocycles. The predicted octanol–water partition coefficient (Wildman–Crippen LogP) is 1.02. The van der Waals surface area contributed by atoms with Gasteiger partial charge in [-0.05, 0) is 5.56 Å². The summed E-state index contributed by atoms with van der Waals surface area (Å²) in [5.74, 6) is 0. The quantitative estimate of drug-likeness (QED) is 0.653. The Bertz CT molecular complexity index is 258. The van der Waals surface area contributed by atoms with Gasteiger partial charge in [-0.2, -0.15) is 0 Å². The molecule has 1 aromatic rings. The maximum Gasteiger partial charge on any atom is 0.0827 e. The highest BCUT2D eigenvalue weighted by Gasteiger charge is 2.21. The van der Waals surface area contributed by atoms with Crippen LogP contribution >= 0.6 is 0 Å². The molecule has 0 fully saturated rings. The summed E-state index contributed by atoms with van der Waals surface area (Å²) in [6, 6.07) is 9.42. The average molecular weight is 163 g/mol. The van der Waals surface area contributed by atoms with E-state index in [1.54, 1.807) is 6.08 Å². The van der Waals surface area contributed by atoms with Gasteiger partial charge in [0.25, 0.3) is 0 Å². The Balaban J connectivity index is 3.03. The van der Waals surface area contributed by atoms with Gasteiger partial charge in [0.15, 0.2) is 0 Å². The zero-order valence-corrected chi connectivity index (χ0v) is 6.90. The summed E-state index contributed by atoms with van der Waals surface area (Å²) in [6.45, 7) is 3.47. The van der Waals surface area contributed by atoms with E-state index in [9.17, 15) is 0 Å². The number of hydrogen-bond acceptors (Lipinski definition) is 2. The zero-order chi connectivity index (χ0) is 9.03. The third kappa shape index (κ3) is 1.55. The molecule has 0 bridgehead atoms. The van der Waals surface area contributed by atoms with Crippen molar-refractivity contribution in [3.63, 3.8) is 0 Å². The number of aliphatic hydroxyl groups is 1. The van der Waals surface area contributed by atoms with E-state index < -0.39 is 5.54 Å². The van der Waals surface area contributed by atoms with E-state index in [0.717, 1.165) is 5.56 Å². The van der Waals surface area contributed by atoms with Crippen molar-refractivity contribution in [2.45, 2.75) is 5.54 Å². The second-order valence-electron chi connectivity index (χ2n) is 2.77. The first-order chi connectivity index (χ1) is 5.73. The summed E-state index contributed by atoms with van der Waals surface area (Å²) in [5, 5.41) is 9.04. The minimum Gasteiger partial charge on any atom is -0.394 e. The van der Waals surface area contributed by atoms with Gasteiger partial charge in [-0.1, -0.05) is 36.4 Å². The van der Waals surface area contributed by atoms with Crippen molar-refractivity contribution >= 4 is 0 Å². The van der Waals surface area contributed by atoms with E-state index in [1.165, 1.54) is 0 Å². The fourth-order valence-corrected chi connectivity index (χ4v) is 1.02. The second-order valence-corrected chi connectivity index (χ2v) is 2.77. The summed E-state index contributed by atoms with van der Waals surface area (Å²) >= 11 is 0. The van der Waals surface area contributed by atoms with Crippen LogP contribution in [0.25, 0.3) is 0 Å². The van der Waals surface area contributed by atoms with Crippen molar-refractivity contribution in [2.24, 2.45) is 5.73 Å². The molecule has 0 unspecified atom stereocenters. The van der Waals surface area contributed by atoms with E-state index in [2.05, 4.69) is 6.58 Å². The highest BCUT2D eigenvalue weighted by molar-refractivity contribution is 5.28. The molecule has 0 heterocycles. The lowest BCUT2D eigenvalue weighted by Gasteiger charge is -2.23. The molecule has 0 saturated heterocycles. The molecule has 0 spiro atoms. The highest BCUT2D eigenvalue weighted by Crippen LogP contribution is 2.17. The number of benzene rings is 1. The van der Waals surface area contributed by atoms with Gasteiger partial charge < -0.3 is 10.8 Å². The smallest absolute Gasteiger partial charge is 0.0827 e. The van der Waals surface area contributed by atoms with Crippen LogP contribution in [-0.4, -0.2) is 11.7 Å². The van der Waals surface area contributed by atoms with Crippen LogP contribution in [0, 0.1) is 0 Å². The molecular weight excluding hydrogens is 150 g/mol. The van der Waals surface area contributed by atoms with Gasteiger partial charge in [0.05, 0.1) is 12.1 Å². The molecule has 0 amide bonds. The lowest BCUT2D eigenvalue weighted by Crippen LogP contribution is -2.38. The third-order valence-electron chi connectivity index (χ3n) is 1.94. The van der Waals surface area contributed by atoms with Crippen LogP contribution in [0.15, 0.2) is 43.0 Å². The maximum absolute atomic E-state index is 9.04. The molecule has 1 rings (SSSR count). The van der Waals surface area contributed by atoms with E-state index in [4.69, 9.17) is 10.8 Å². The summed E-state index contributed by atoms with van der Waals surface area (Å²) in [7, 11) is 0. The van der Waals surface area contributed by atoms with Crippen molar-refractivity contribution in [2.75, 3.05) is 6.61 Å². The average Bonchev–Trinajstić information content (AvgIpc) is 2.18. The van der Waals surface area contributed by atoms with Crippen molar-refractivity contribution in [1.82, 2.24) is 0 Å². The summed E-state index contributed by atoms with van der Waals surface area (Å²) < 4.78 is 0. The number of nitrogens with two attached hydrogens (primary N) is 1. The zero-order valence-electron chi connectivity index (χ0n) is 6.90. The monoisotopic (exact) mass is 163 g/mol. The Kier molecular flexibility index (Phi) is 2.63. The first-order valence-corrected chi connectivity index (χ1v) is 3.82. The van der Waals surface area contributed by atoms with Crippen LogP contribution in [0.2, 0.25) is 0 Å². The molecule has 0 aliphatic carbocycles. The Morgan fingerprint density at radius 2 is 2.00 bits per heavy atom. The van der Waals surface area contributed by atoms with Crippen LogP contribution in [-0.2, 0) is 5.54 Å². The number of aliphatic hydroxyl groups excluding tert-OH is 1. The molecule has 0 aliphatic rings. The predicted molar refractivity (Wildman–Crippen MR) is 49.6 cm³/mol. The van der Waals surface area contributed by atoms with Crippen LogP contribution in [0.4, 0.5) is 0 Å². The summed E-state index contributed by atoms with van der Waals surface area (Å²) in [4.78, 5) is 0. The van der Waals surface area contributed by atoms with Gasteiger partial charge in [0, 0.05) is 0 Å². The molecule has 0 radical (unpaired) electrons. The van der Waals surface area contributed by atoms with Crippen LogP contribution in [0.1, 0.15) is 5.56 Å². The first kappa shape index (κ1) is 8.97. The van der Waals surface area contributed by atoms with Crippen molar-refractivity contribution in [3.8, 4) is 0 Å². The van der Waals surface area contributed by atoms with E-state index >= 15 is 0 Å². The van der Waals surface area contributed by atoms with Gasteiger partial charge in [-0.3, -0.25) is 0 Å². The molecule has 3 N–H and O–H groups in total. The molecule has 64 valence electrons. The number of hydrogen-bond donors (Lipinski definition) is 2. The minimum atomic E-state index is -0.804. The molecule has 2 nitrogen and oxygen atoms in total. The van der Waals surface area contributed by atoms with Gasteiger partial charge >= 0.3 is 0 Å². The SMILES string of the molecule is C=C[C@](N)(CO)c1ccccc1. The van der Waals surface area contributed by atoms with Gasteiger partial charge in [-0.15, -0.1) is 6.58 Å². The second kappa shape index (κ2) is 3.52. The Morgan fingerprint density at radius 1 is 1.42 bits per heavy atom. The molecule has 0 saturated carbocycles. The van der Waals surface area contributed by atoms with Crippen molar-refractivity contribution < 1.29 is 5.11 Å². The fraction of sp³-hybridized carbons (Fsp3) is 0.200. The Hall–Kier alpha value is -1.12. The van der Waals surface area contributed by atoms with Gasteiger partial charge in [-0.25, -0.2) is 0 Å². The molecular formula is C10H13NO. The lowest BCUT2D eigenvalue weighted by molar-refractivity contribution is 0.229. The van der Waals surface area contributed by atoms with Crippen LogP contribution in [0.5, 0.6) is 0 Å². The summed E-state index contributed by atoms with van der Waals surface area (Å²) in [5.41, 5.74) is 5.92. The van der Waals surface area contributed by atoms with Gasteiger partial charge in [0.1, 0.15) is 0 Å². The minimum absolute atomic E-state index is 0.124. The maximum atomic E-state index is 9.04. The topological polar surface area (TPSA) is 46.2 Å². The molecule has 2 heteroatoms.